The number of halogens is 4. The van der Waals surface area contributed by atoms with Crippen molar-refractivity contribution >= 4 is 17.9 Å². The quantitative estimate of drug-likeness (QED) is 0.476. The Morgan fingerprint density at radius 2 is 1.85 bits per heavy atom. The number of hydrogen-bond acceptors (Lipinski definition) is 5. The molecule has 3 amide bonds. The van der Waals surface area contributed by atoms with Crippen LogP contribution in [0, 0.1) is 12.7 Å². The Hall–Kier alpha value is -3.67. The molecular weight excluding hydrogens is 532 g/mol. The second-order valence-corrected chi connectivity index (χ2v) is 10.4. The lowest BCUT2D eigenvalue weighted by Gasteiger charge is -2.52. The Labute approximate surface area is 230 Å². The second kappa shape index (κ2) is 11.8. The molecule has 4 rings (SSSR count). The van der Waals surface area contributed by atoms with Gasteiger partial charge in [0.05, 0.1) is 12.1 Å². The number of carbonyl (C=O) groups excluding carboxylic acids is 3. The summed E-state index contributed by atoms with van der Waals surface area (Å²) in [7, 11) is 3.66. The number of rotatable bonds is 7. The van der Waals surface area contributed by atoms with Crippen LogP contribution in [0.1, 0.15) is 35.1 Å². The highest BCUT2D eigenvalue weighted by Gasteiger charge is 2.49. The summed E-state index contributed by atoms with van der Waals surface area (Å²) in [5.74, 6) is -1.11. The van der Waals surface area contributed by atoms with Crippen LogP contribution in [-0.2, 0) is 33.7 Å². The van der Waals surface area contributed by atoms with Gasteiger partial charge >= 0.3 is 12.3 Å². The third-order valence-corrected chi connectivity index (χ3v) is 7.08. The molecule has 2 atom stereocenters. The first kappa shape index (κ1) is 29.3. The molecule has 0 saturated carbocycles. The minimum Gasteiger partial charge on any atom is -0.444 e. The Morgan fingerprint density at radius 3 is 2.52 bits per heavy atom. The molecule has 2 heterocycles. The van der Waals surface area contributed by atoms with E-state index < -0.39 is 42.5 Å². The van der Waals surface area contributed by atoms with E-state index in [1.54, 1.807) is 18.2 Å². The molecule has 0 unspecified atom stereocenters. The van der Waals surface area contributed by atoms with Crippen molar-refractivity contribution in [2.45, 2.75) is 51.3 Å². The first-order valence-corrected chi connectivity index (χ1v) is 12.9. The smallest absolute Gasteiger partial charge is 0.416 e. The summed E-state index contributed by atoms with van der Waals surface area (Å²) in [6, 6.07) is 8.63. The lowest BCUT2D eigenvalue weighted by Crippen LogP contribution is -2.71. The van der Waals surface area contributed by atoms with Gasteiger partial charge in [0, 0.05) is 25.1 Å². The van der Waals surface area contributed by atoms with Gasteiger partial charge in [0.1, 0.15) is 24.6 Å². The van der Waals surface area contributed by atoms with Crippen molar-refractivity contribution in [3.63, 3.8) is 0 Å². The zero-order chi connectivity index (χ0) is 29.2. The van der Waals surface area contributed by atoms with Crippen molar-refractivity contribution in [2.75, 3.05) is 33.7 Å². The van der Waals surface area contributed by atoms with Crippen LogP contribution in [0.2, 0.25) is 0 Å². The molecule has 2 aromatic rings. The lowest BCUT2D eigenvalue weighted by atomic mass is 10.0. The fourth-order valence-electron chi connectivity index (χ4n) is 5.16. The number of piperazine rings is 1. The van der Waals surface area contributed by atoms with Gasteiger partial charge in [0.25, 0.3) is 0 Å². The van der Waals surface area contributed by atoms with Crippen molar-refractivity contribution in [3.05, 3.63) is 70.5 Å². The highest BCUT2D eigenvalue weighted by Crippen LogP contribution is 2.32. The molecule has 0 bridgehead atoms. The maximum absolute atomic E-state index is 14.5. The number of aryl methyl sites for hydroxylation is 1. The van der Waals surface area contributed by atoms with Crippen LogP contribution in [0.4, 0.5) is 22.4 Å². The molecule has 0 radical (unpaired) electrons. The molecule has 12 heteroatoms. The van der Waals surface area contributed by atoms with Crippen molar-refractivity contribution < 1.29 is 36.7 Å². The Bertz CT molecular complexity index is 1270. The van der Waals surface area contributed by atoms with Crippen LogP contribution in [-0.4, -0.2) is 83.4 Å². The van der Waals surface area contributed by atoms with Crippen LogP contribution in [0.25, 0.3) is 0 Å². The minimum atomic E-state index is -4.55. The largest absolute Gasteiger partial charge is 0.444 e. The highest BCUT2D eigenvalue weighted by atomic mass is 19.4. The van der Waals surface area contributed by atoms with E-state index in [0.717, 1.165) is 12.1 Å². The summed E-state index contributed by atoms with van der Waals surface area (Å²) < 4.78 is 59.6. The molecule has 2 aromatic carbocycles. The molecule has 40 heavy (non-hydrogen) atoms. The molecule has 0 N–H and O–H groups in total. The summed E-state index contributed by atoms with van der Waals surface area (Å²) >= 11 is 0. The minimum absolute atomic E-state index is 0.0164. The number of hydrogen-bond donors (Lipinski definition) is 0. The zero-order valence-corrected chi connectivity index (χ0v) is 22.6. The molecule has 0 aliphatic carbocycles. The van der Waals surface area contributed by atoms with E-state index in [4.69, 9.17) is 4.74 Å². The van der Waals surface area contributed by atoms with Gasteiger partial charge in [-0.3, -0.25) is 14.5 Å². The number of ether oxygens (including phenoxy) is 1. The highest BCUT2D eigenvalue weighted by molar-refractivity contribution is 5.90. The van der Waals surface area contributed by atoms with Crippen molar-refractivity contribution in [2.24, 2.45) is 0 Å². The van der Waals surface area contributed by atoms with Crippen LogP contribution in [0.15, 0.2) is 42.5 Å². The molecule has 2 aliphatic heterocycles. The molecular formula is C28H32F4N4O4. The van der Waals surface area contributed by atoms with Crippen molar-refractivity contribution in [1.82, 2.24) is 19.6 Å². The summed E-state index contributed by atoms with van der Waals surface area (Å²) in [4.78, 5) is 45.9. The Balaban J connectivity index is 1.57. The second-order valence-electron chi connectivity index (χ2n) is 10.4. The number of fused-ring (bicyclic) bond motifs is 1. The van der Waals surface area contributed by atoms with Crippen LogP contribution < -0.4 is 0 Å². The first-order chi connectivity index (χ1) is 18.8. The monoisotopic (exact) mass is 564 g/mol. The number of carbonyl (C=O) groups is 3. The van der Waals surface area contributed by atoms with Gasteiger partial charge in [-0.25, -0.2) is 9.18 Å². The Kier molecular flexibility index (Phi) is 8.67. The fraction of sp³-hybridized carbons (Fsp3) is 0.464. The molecule has 0 aromatic heterocycles. The maximum atomic E-state index is 14.5. The normalized spacial score (nSPS) is 19.8. The summed E-state index contributed by atoms with van der Waals surface area (Å²) in [5, 5.41) is 0. The topological polar surface area (TPSA) is 73.4 Å². The van der Waals surface area contributed by atoms with E-state index in [0.29, 0.717) is 24.1 Å². The molecule has 0 spiro atoms. The van der Waals surface area contributed by atoms with Gasteiger partial charge in [-0.2, -0.15) is 13.2 Å². The van der Waals surface area contributed by atoms with E-state index in [2.05, 4.69) is 0 Å². The molecule has 2 fully saturated rings. The standard InChI is InChI=1S/C28H32F4N4O4/c1-18-12-19(14-21(13-18)28(30,31)32)17-40-27(39)35-11-9-25(37)36-23(8-10-33(2)3)26(38)34(16-24(35)36)15-20-6-4-5-7-22(20)29/h4-7,12-14,23-24H,8-11,15-17H2,1-3H3/t23-,24+/m0/s1. The van der Waals surface area contributed by atoms with Gasteiger partial charge < -0.3 is 19.4 Å². The maximum Gasteiger partial charge on any atom is 0.416 e. The van der Waals surface area contributed by atoms with E-state index in [1.165, 1.54) is 33.8 Å². The molecule has 8 nitrogen and oxygen atoms in total. The third kappa shape index (κ3) is 6.55. The van der Waals surface area contributed by atoms with Gasteiger partial charge in [-0.1, -0.05) is 29.8 Å². The van der Waals surface area contributed by atoms with Gasteiger partial charge in [-0.05, 0) is 57.7 Å². The Morgan fingerprint density at radius 1 is 1.12 bits per heavy atom. The van der Waals surface area contributed by atoms with Crippen LogP contribution in [0.5, 0.6) is 0 Å². The zero-order valence-electron chi connectivity index (χ0n) is 22.6. The first-order valence-electron chi connectivity index (χ1n) is 12.9. The average molecular weight is 565 g/mol. The number of amides is 3. The van der Waals surface area contributed by atoms with Gasteiger partial charge in [0.15, 0.2) is 0 Å². The fourth-order valence-corrected chi connectivity index (χ4v) is 5.16. The predicted molar refractivity (Wildman–Crippen MR) is 137 cm³/mol. The van der Waals surface area contributed by atoms with E-state index >= 15 is 0 Å². The molecule has 2 saturated heterocycles. The third-order valence-electron chi connectivity index (χ3n) is 7.08. The average Bonchev–Trinajstić information content (AvgIpc) is 2.88. The van der Waals surface area contributed by atoms with Crippen molar-refractivity contribution in [3.8, 4) is 0 Å². The van der Waals surface area contributed by atoms with Crippen molar-refractivity contribution in [1.29, 1.82) is 0 Å². The SMILES string of the molecule is Cc1cc(COC(=O)N2CCC(=O)N3[C@@H]2CN(Cc2ccccc2F)C(=O)[C@@H]3CCN(C)C)cc(C(F)(F)F)c1. The van der Waals surface area contributed by atoms with E-state index in [1.807, 2.05) is 19.0 Å². The van der Waals surface area contributed by atoms with Gasteiger partial charge in [0.2, 0.25) is 11.8 Å². The summed E-state index contributed by atoms with van der Waals surface area (Å²) in [6.45, 7) is 1.51. The molecule has 216 valence electrons. The number of alkyl halides is 3. The predicted octanol–water partition coefficient (Wildman–Crippen LogP) is 4.01. The van der Waals surface area contributed by atoms with Crippen LogP contribution >= 0.6 is 0 Å². The van der Waals surface area contributed by atoms with E-state index in [-0.39, 0.29) is 43.4 Å². The summed E-state index contributed by atoms with van der Waals surface area (Å²) in [6.07, 6.45) is -5.96. The number of benzene rings is 2. The molecule has 2 aliphatic rings. The van der Waals surface area contributed by atoms with E-state index in [9.17, 15) is 31.9 Å². The number of nitrogens with zero attached hydrogens (tertiary/aromatic N) is 4. The van der Waals surface area contributed by atoms with Gasteiger partial charge in [-0.15, -0.1) is 0 Å². The van der Waals surface area contributed by atoms with Crippen LogP contribution in [0.3, 0.4) is 0 Å². The summed E-state index contributed by atoms with van der Waals surface area (Å²) in [5.41, 5.74) is 0.00172. The lowest BCUT2D eigenvalue weighted by molar-refractivity contribution is -0.169.